The van der Waals surface area contributed by atoms with Crippen LogP contribution in [-0.2, 0) is 6.54 Å². The first kappa shape index (κ1) is 12.8. The van der Waals surface area contributed by atoms with Crippen LogP contribution in [-0.4, -0.2) is 21.7 Å². The highest BCUT2D eigenvalue weighted by Gasteiger charge is 2.35. The number of hydrogen-bond donors (Lipinski definition) is 1. The molecule has 2 N–H and O–H groups in total. The highest BCUT2D eigenvalue weighted by molar-refractivity contribution is 9.10. The molecule has 6 heteroatoms. The Morgan fingerprint density at radius 3 is 2.60 bits per heavy atom. The monoisotopic (exact) mass is 331 g/mol. The molecule has 2 amide bonds. The number of amides is 2. The molecule has 5 nitrogen and oxygen atoms in total. The molecular weight excluding hydrogens is 322 g/mol. The van der Waals surface area contributed by atoms with E-state index in [9.17, 15) is 9.59 Å². The molecule has 3 rings (SSSR count). The molecule has 0 saturated carbocycles. The summed E-state index contributed by atoms with van der Waals surface area (Å²) < 4.78 is 0.765. The molecule has 1 aliphatic heterocycles. The molecule has 1 aliphatic rings. The number of nitrogens with two attached hydrogens (primary N) is 1. The topological polar surface area (TPSA) is 76.3 Å². The second kappa shape index (κ2) is 4.72. The Kier molecular flexibility index (Phi) is 3.02. The van der Waals surface area contributed by atoms with Crippen LogP contribution in [0.1, 0.15) is 26.4 Å². The maximum atomic E-state index is 12.3. The maximum Gasteiger partial charge on any atom is 0.261 e. The summed E-state index contributed by atoms with van der Waals surface area (Å²) in [5, 5.41) is 0. The molecule has 1 aromatic carbocycles. The van der Waals surface area contributed by atoms with E-state index < -0.39 is 0 Å². The Labute approximate surface area is 123 Å². The zero-order chi connectivity index (χ0) is 14.3. The van der Waals surface area contributed by atoms with E-state index in [1.54, 1.807) is 36.5 Å². The van der Waals surface area contributed by atoms with Crippen molar-refractivity contribution in [1.82, 2.24) is 9.88 Å². The third-order valence-corrected chi connectivity index (χ3v) is 3.59. The van der Waals surface area contributed by atoms with Gasteiger partial charge in [-0.25, -0.2) is 0 Å². The third-order valence-electron chi connectivity index (χ3n) is 3.09. The van der Waals surface area contributed by atoms with Gasteiger partial charge in [0.1, 0.15) is 0 Å². The molecular formula is C14H10BrN3O2. The Morgan fingerprint density at radius 2 is 1.85 bits per heavy atom. The molecule has 20 heavy (non-hydrogen) atoms. The zero-order valence-electron chi connectivity index (χ0n) is 10.3. The second-order valence-electron chi connectivity index (χ2n) is 4.47. The van der Waals surface area contributed by atoms with Crippen LogP contribution in [0.2, 0.25) is 0 Å². The lowest BCUT2D eigenvalue weighted by Crippen LogP contribution is -2.29. The fourth-order valence-electron chi connectivity index (χ4n) is 2.15. The zero-order valence-corrected chi connectivity index (χ0v) is 11.9. The van der Waals surface area contributed by atoms with Crippen LogP contribution in [0.4, 0.5) is 5.69 Å². The molecule has 0 unspecified atom stereocenters. The standard InChI is InChI=1S/C14H10BrN3O2/c15-8-1-2-11-12(5-8)14(20)18(13(11)19)7-10-6-9(16)3-4-17-10/h1-6H,7H2,(H2,16,17). The molecule has 0 spiro atoms. The van der Waals surface area contributed by atoms with Crippen LogP contribution >= 0.6 is 15.9 Å². The summed E-state index contributed by atoms with van der Waals surface area (Å²) in [6, 6.07) is 8.35. The highest BCUT2D eigenvalue weighted by Crippen LogP contribution is 2.27. The van der Waals surface area contributed by atoms with Gasteiger partial charge in [-0.2, -0.15) is 0 Å². The minimum atomic E-state index is -0.310. The van der Waals surface area contributed by atoms with Crippen molar-refractivity contribution < 1.29 is 9.59 Å². The smallest absolute Gasteiger partial charge is 0.261 e. The average Bonchev–Trinajstić information content (AvgIpc) is 2.64. The lowest BCUT2D eigenvalue weighted by Gasteiger charge is -2.13. The minimum absolute atomic E-state index is 0.120. The van der Waals surface area contributed by atoms with E-state index >= 15 is 0 Å². The summed E-state index contributed by atoms with van der Waals surface area (Å²) >= 11 is 3.30. The van der Waals surface area contributed by atoms with Gasteiger partial charge in [0.15, 0.2) is 0 Å². The van der Waals surface area contributed by atoms with Crippen molar-refractivity contribution in [2.24, 2.45) is 0 Å². The third kappa shape index (κ3) is 2.08. The first-order valence-electron chi connectivity index (χ1n) is 5.92. The van der Waals surface area contributed by atoms with Crippen molar-refractivity contribution in [2.45, 2.75) is 6.54 Å². The van der Waals surface area contributed by atoms with Crippen molar-refractivity contribution >= 4 is 33.4 Å². The summed E-state index contributed by atoms with van der Waals surface area (Å²) in [6.07, 6.45) is 1.55. The fourth-order valence-corrected chi connectivity index (χ4v) is 2.51. The van der Waals surface area contributed by atoms with Gasteiger partial charge in [0.25, 0.3) is 11.8 Å². The maximum absolute atomic E-state index is 12.3. The molecule has 0 aliphatic carbocycles. The van der Waals surface area contributed by atoms with Crippen LogP contribution < -0.4 is 5.73 Å². The lowest BCUT2D eigenvalue weighted by atomic mass is 10.1. The highest BCUT2D eigenvalue weighted by atomic mass is 79.9. The number of rotatable bonds is 2. The van der Waals surface area contributed by atoms with E-state index in [-0.39, 0.29) is 18.4 Å². The number of fused-ring (bicyclic) bond motifs is 1. The van der Waals surface area contributed by atoms with Gasteiger partial charge < -0.3 is 5.73 Å². The molecule has 0 saturated heterocycles. The van der Waals surface area contributed by atoms with Gasteiger partial charge in [-0.05, 0) is 30.3 Å². The van der Waals surface area contributed by atoms with Crippen LogP contribution in [0.25, 0.3) is 0 Å². The summed E-state index contributed by atoms with van der Waals surface area (Å²) in [5.41, 5.74) is 7.63. The van der Waals surface area contributed by atoms with Gasteiger partial charge in [0.05, 0.1) is 23.4 Å². The molecule has 1 aromatic heterocycles. The van der Waals surface area contributed by atoms with E-state index in [1.807, 2.05) is 0 Å². The minimum Gasteiger partial charge on any atom is -0.399 e. The van der Waals surface area contributed by atoms with E-state index in [2.05, 4.69) is 20.9 Å². The molecule has 0 atom stereocenters. The number of imide groups is 1. The van der Waals surface area contributed by atoms with Gasteiger partial charge >= 0.3 is 0 Å². The van der Waals surface area contributed by atoms with Crippen molar-refractivity contribution in [3.05, 3.63) is 57.8 Å². The number of carbonyl (C=O) groups is 2. The first-order valence-corrected chi connectivity index (χ1v) is 6.72. The number of nitrogen functional groups attached to an aromatic ring is 1. The molecule has 2 heterocycles. The predicted octanol–water partition coefficient (Wildman–Crippen LogP) is 2.22. The predicted molar refractivity (Wildman–Crippen MR) is 77.0 cm³/mol. The molecule has 100 valence electrons. The number of pyridine rings is 1. The quantitative estimate of drug-likeness (QED) is 0.856. The summed E-state index contributed by atoms with van der Waals surface area (Å²) in [5.74, 6) is -0.614. The van der Waals surface area contributed by atoms with E-state index in [1.165, 1.54) is 4.90 Å². The first-order chi connectivity index (χ1) is 9.56. The SMILES string of the molecule is Nc1ccnc(CN2C(=O)c3ccc(Br)cc3C2=O)c1. The Balaban J connectivity index is 1.94. The van der Waals surface area contributed by atoms with Crippen LogP contribution in [0.3, 0.4) is 0 Å². The van der Waals surface area contributed by atoms with Gasteiger partial charge in [-0.1, -0.05) is 15.9 Å². The Hall–Kier alpha value is -2.21. The van der Waals surface area contributed by atoms with Gasteiger partial charge in [-0.3, -0.25) is 19.5 Å². The number of hydrogen-bond acceptors (Lipinski definition) is 4. The number of aromatic nitrogens is 1. The normalized spacial score (nSPS) is 13.8. The lowest BCUT2D eigenvalue weighted by molar-refractivity contribution is 0.0640. The molecule has 0 fully saturated rings. The van der Waals surface area contributed by atoms with Crippen molar-refractivity contribution in [3.8, 4) is 0 Å². The van der Waals surface area contributed by atoms with Crippen LogP contribution in [0, 0.1) is 0 Å². The summed E-state index contributed by atoms with van der Waals surface area (Å²) in [7, 11) is 0. The second-order valence-corrected chi connectivity index (χ2v) is 5.38. The molecule has 0 bridgehead atoms. The van der Waals surface area contributed by atoms with E-state index in [4.69, 9.17) is 5.73 Å². The van der Waals surface area contributed by atoms with Crippen molar-refractivity contribution in [3.63, 3.8) is 0 Å². The van der Waals surface area contributed by atoms with Crippen LogP contribution in [0.5, 0.6) is 0 Å². The van der Waals surface area contributed by atoms with Crippen LogP contribution in [0.15, 0.2) is 41.0 Å². The van der Waals surface area contributed by atoms with E-state index in [0.717, 1.165) is 4.47 Å². The average molecular weight is 332 g/mol. The largest absolute Gasteiger partial charge is 0.399 e. The Bertz CT molecular complexity index is 730. The number of halogens is 1. The fraction of sp³-hybridized carbons (Fsp3) is 0.0714. The van der Waals surface area contributed by atoms with Gasteiger partial charge in [0, 0.05) is 16.4 Å². The number of nitrogens with zero attached hydrogens (tertiary/aromatic N) is 2. The van der Waals surface area contributed by atoms with Crippen molar-refractivity contribution in [2.75, 3.05) is 5.73 Å². The molecule has 2 aromatic rings. The van der Waals surface area contributed by atoms with Gasteiger partial charge in [-0.15, -0.1) is 0 Å². The Morgan fingerprint density at radius 1 is 1.10 bits per heavy atom. The number of benzene rings is 1. The van der Waals surface area contributed by atoms with Crippen molar-refractivity contribution in [1.29, 1.82) is 0 Å². The summed E-state index contributed by atoms with van der Waals surface area (Å²) in [6.45, 7) is 0.120. The molecule has 0 radical (unpaired) electrons. The van der Waals surface area contributed by atoms with Gasteiger partial charge in [0.2, 0.25) is 0 Å². The van der Waals surface area contributed by atoms with E-state index in [0.29, 0.717) is 22.5 Å². The summed E-state index contributed by atoms with van der Waals surface area (Å²) in [4.78, 5) is 29.8. The number of anilines is 1. The number of carbonyl (C=O) groups excluding carboxylic acids is 2.